The third kappa shape index (κ3) is 4.75. The van der Waals surface area contributed by atoms with E-state index in [2.05, 4.69) is 55.8 Å². The lowest BCUT2D eigenvalue weighted by atomic mass is 10.1. The normalized spacial score (nSPS) is 14.4. The van der Waals surface area contributed by atoms with Crippen LogP contribution >= 0.6 is 40.1 Å². The van der Waals surface area contributed by atoms with Crippen LogP contribution in [0.15, 0.2) is 33.6 Å². The summed E-state index contributed by atoms with van der Waals surface area (Å²) in [5.41, 5.74) is 2.60. The average Bonchev–Trinajstić information content (AvgIpc) is 2.99. The number of nitrogens with one attached hydrogen (secondary N) is 3. The number of thioether (sulfide) groups is 1. The van der Waals surface area contributed by atoms with Crippen LogP contribution in [0.4, 0.5) is 0 Å². The third-order valence-corrected chi connectivity index (χ3v) is 5.36. The van der Waals surface area contributed by atoms with Gasteiger partial charge in [-0.15, -0.1) is 24.2 Å². The van der Waals surface area contributed by atoms with Gasteiger partial charge in [-0.2, -0.15) is 5.10 Å². The predicted octanol–water partition coefficient (Wildman–Crippen LogP) is 3.15. The van der Waals surface area contributed by atoms with Crippen LogP contribution in [0.5, 0.6) is 0 Å². The molecule has 2 heterocycles. The average molecular weight is 432 g/mol. The Bertz CT molecular complexity index is 692. The lowest BCUT2D eigenvalue weighted by molar-refractivity contribution is 0.0948. The second-order valence-corrected chi connectivity index (χ2v) is 7.98. The summed E-state index contributed by atoms with van der Waals surface area (Å²) in [6, 6.07) is 8.19. The molecule has 0 fully saturated rings. The summed E-state index contributed by atoms with van der Waals surface area (Å²) in [4.78, 5) is 13.5. The van der Waals surface area contributed by atoms with Gasteiger partial charge < -0.3 is 10.6 Å². The lowest BCUT2D eigenvalue weighted by Gasteiger charge is -2.14. The van der Waals surface area contributed by atoms with Gasteiger partial charge in [0.2, 0.25) is 0 Å². The van der Waals surface area contributed by atoms with Gasteiger partial charge in [-0.25, -0.2) is 0 Å². The maximum absolute atomic E-state index is 12.3. The van der Waals surface area contributed by atoms with Gasteiger partial charge >= 0.3 is 0 Å². The number of benzene rings is 1. The third-order valence-electron chi connectivity index (χ3n) is 3.72. The number of hydrogen-bond donors (Lipinski definition) is 3. The highest BCUT2D eigenvalue weighted by Crippen LogP contribution is 2.24. The molecule has 1 aliphatic heterocycles. The van der Waals surface area contributed by atoms with Gasteiger partial charge in [0.25, 0.3) is 5.91 Å². The number of carbonyl (C=O) groups excluding carboxylic acids is 1. The minimum atomic E-state index is -0.102. The molecule has 0 bridgehead atoms. The molecule has 1 atom stereocenters. The molecule has 0 spiro atoms. The highest BCUT2D eigenvalue weighted by atomic mass is 79.9. The van der Waals surface area contributed by atoms with Crippen molar-refractivity contribution in [2.45, 2.75) is 30.0 Å². The molecule has 0 saturated carbocycles. The molecular weight excluding hydrogens is 412 g/mol. The first kappa shape index (κ1) is 19.3. The molecule has 3 N–H and O–H groups in total. The van der Waals surface area contributed by atoms with Crippen molar-refractivity contribution in [1.29, 1.82) is 0 Å². The van der Waals surface area contributed by atoms with Gasteiger partial charge in [-0.05, 0) is 24.3 Å². The van der Waals surface area contributed by atoms with Crippen LogP contribution in [0.3, 0.4) is 0 Å². The smallest absolute Gasteiger partial charge is 0.272 e. The Kier molecular flexibility index (Phi) is 7.16. The zero-order chi connectivity index (χ0) is 16.2. The molecular formula is C16H20BrClN4OS. The Morgan fingerprint density at radius 2 is 2.17 bits per heavy atom. The molecule has 24 heavy (non-hydrogen) atoms. The fraction of sp³-hybridized carbons (Fsp3) is 0.375. The molecule has 1 aliphatic rings. The Morgan fingerprint density at radius 3 is 2.92 bits per heavy atom. The number of carbonyl (C=O) groups is 1. The van der Waals surface area contributed by atoms with Gasteiger partial charge in [-0.1, -0.05) is 22.9 Å². The fourth-order valence-electron chi connectivity index (χ4n) is 2.52. The van der Waals surface area contributed by atoms with E-state index >= 15 is 0 Å². The molecule has 1 unspecified atom stereocenters. The summed E-state index contributed by atoms with van der Waals surface area (Å²) < 4.78 is 1.07. The van der Waals surface area contributed by atoms with E-state index in [4.69, 9.17) is 0 Å². The van der Waals surface area contributed by atoms with Crippen molar-refractivity contribution in [3.05, 3.63) is 45.7 Å². The molecule has 1 aromatic heterocycles. The van der Waals surface area contributed by atoms with Crippen molar-refractivity contribution in [3.63, 3.8) is 0 Å². The van der Waals surface area contributed by atoms with Crippen molar-refractivity contribution in [3.8, 4) is 0 Å². The Morgan fingerprint density at radius 1 is 1.42 bits per heavy atom. The Hall–Kier alpha value is -1.02. The topological polar surface area (TPSA) is 69.8 Å². The number of H-pyrrole nitrogens is 1. The van der Waals surface area contributed by atoms with Crippen LogP contribution in [0, 0.1) is 0 Å². The number of halogens is 2. The van der Waals surface area contributed by atoms with E-state index in [1.807, 2.05) is 12.1 Å². The summed E-state index contributed by atoms with van der Waals surface area (Å²) in [5.74, 6) is -0.102. The van der Waals surface area contributed by atoms with Crippen LogP contribution in [0.2, 0.25) is 0 Å². The second-order valence-electron chi connectivity index (χ2n) is 5.55. The van der Waals surface area contributed by atoms with Crippen LogP contribution in [0.1, 0.15) is 28.7 Å². The largest absolute Gasteiger partial charge is 0.350 e. The number of aromatic amines is 1. The molecule has 3 rings (SSSR count). The SMILES string of the molecule is CC(CNC(=O)c1n[nH]c2c1CNCC2)Sc1ccc(Br)cc1.Cl. The summed E-state index contributed by atoms with van der Waals surface area (Å²) in [6.07, 6.45) is 0.894. The standard InChI is InChI=1S/C16H19BrN4OS.ClH/c1-10(23-12-4-2-11(17)3-5-12)8-19-16(22)15-13-9-18-7-6-14(13)20-21-15;/h2-5,10,18H,6-9H2,1H3,(H,19,22)(H,20,21);1H. The van der Waals surface area contributed by atoms with Gasteiger partial charge in [0.05, 0.1) is 0 Å². The van der Waals surface area contributed by atoms with Crippen LogP contribution in [0.25, 0.3) is 0 Å². The Labute approximate surface area is 160 Å². The van der Waals surface area contributed by atoms with E-state index in [0.717, 1.165) is 28.7 Å². The van der Waals surface area contributed by atoms with E-state index in [-0.39, 0.29) is 23.6 Å². The van der Waals surface area contributed by atoms with Crippen LogP contribution in [-0.4, -0.2) is 34.4 Å². The molecule has 1 amide bonds. The van der Waals surface area contributed by atoms with Crippen LogP contribution < -0.4 is 10.6 Å². The molecule has 1 aromatic carbocycles. The summed E-state index contributed by atoms with van der Waals surface area (Å²) >= 11 is 5.18. The van der Waals surface area contributed by atoms with E-state index in [1.54, 1.807) is 11.8 Å². The molecule has 8 heteroatoms. The van der Waals surface area contributed by atoms with Gasteiger partial charge in [0.15, 0.2) is 5.69 Å². The van der Waals surface area contributed by atoms with Crippen molar-refractivity contribution >= 4 is 46.0 Å². The zero-order valence-electron chi connectivity index (χ0n) is 13.3. The minimum Gasteiger partial charge on any atom is -0.350 e. The first-order chi connectivity index (χ1) is 11.1. The monoisotopic (exact) mass is 430 g/mol. The molecule has 0 aliphatic carbocycles. The summed E-state index contributed by atoms with van der Waals surface area (Å²) in [5, 5.41) is 13.7. The van der Waals surface area contributed by atoms with Gasteiger partial charge in [0.1, 0.15) is 0 Å². The highest BCUT2D eigenvalue weighted by molar-refractivity contribution is 9.10. The molecule has 5 nitrogen and oxygen atoms in total. The Balaban J connectivity index is 0.00000208. The van der Waals surface area contributed by atoms with E-state index in [0.29, 0.717) is 18.8 Å². The maximum atomic E-state index is 12.3. The van der Waals surface area contributed by atoms with Crippen LogP contribution in [-0.2, 0) is 13.0 Å². The molecule has 2 aromatic rings. The molecule has 130 valence electrons. The number of amides is 1. The quantitative estimate of drug-likeness (QED) is 0.636. The first-order valence-electron chi connectivity index (χ1n) is 7.60. The summed E-state index contributed by atoms with van der Waals surface area (Å²) in [7, 11) is 0. The first-order valence-corrected chi connectivity index (χ1v) is 9.28. The minimum absolute atomic E-state index is 0. The number of hydrogen-bond acceptors (Lipinski definition) is 4. The molecule has 0 saturated heterocycles. The lowest BCUT2D eigenvalue weighted by Crippen LogP contribution is -2.31. The number of fused-ring (bicyclic) bond motifs is 1. The van der Waals surface area contributed by atoms with E-state index in [1.165, 1.54) is 4.90 Å². The van der Waals surface area contributed by atoms with Crippen molar-refractivity contribution in [2.24, 2.45) is 0 Å². The van der Waals surface area contributed by atoms with Crippen molar-refractivity contribution < 1.29 is 4.79 Å². The molecule has 0 radical (unpaired) electrons. The highest BCUT2D eigenvalue weighted by Gasteiger charge is 2.21. The number of aromatic nitrogens is 2. The van der Waals surface area contributed by atoms with Crippen molar-refractivity contribution in [2.75, 3.05) is 13.1 Å². The fourth-order valence-corrected chi connectivity index (χ4v) is 3.71. The number of nitrogens with zero attached hydrogens (tertiary/aromatic N) is 1. The predicted molar refractivity (Wildman–Crippen MR) is 103 cm³/mol. The second kappa shape index (κ2) is 8.89. The van der Waals surface area contributed by atoms with Gasteiger partial charge in [0, 0.05) is 51.9 Å². The van der Waals surface area contributed by atoms with Crippen molar-refractivity contribution in [1.82, 2.24) is 20.8 Å². The van der Waals surface area contributed by atoms with Gasteiger partial charge in [-0.3, -0.25) is 9.89 Å². The zero-order valence-corrected chi connectivity index (χ0v) is 16.5. The maximum Gasteiger partial charge on any atom is 0.272 e. The summed E-state index contributed by atoms with van der Waals surface area (Å²) in [6.45, 7) is 4.35. The number of rotatable bonds is 5. The van der Waals surface area contributed by atoms with E-state index < -0.39 is 0 Å². The van der Waals surface area contributed by atoms with E-state index in [9.17, 15) is 4.79 Å².